The first kappa shape index (κ1) is 19.2. The summed E-state index contributed by atoms with van der Waals surface area (Å²) < 4.78 is 13.6. The van der Waals surface area contributed by atoms with Gasteiger partial charge in [0.1, 0.15) is 5.82 Å². The van der Waals surface area contributed by atoms with Crippen molar-refractivity contribution in [3.05, 3.63) is 34.6 Å². The minimum absolute atomic E-state index is 0.241. The second-order valence-corrected chi connectivity index (χ2v) is 8.94. The largest absolute Gasteiger partial charge is 0.205 e. The van der Waals surface area contributed by atoms with Gasteiger partial charge in [-0.15, -0.1) is 0 Å². The highest BCUT2D eigenvalue weighted by Crippen LogP contribution is 2.38. The lowest BCUT2D eigenvalue weighted by atomic mass is 9.77. The van der Waals surface area contributed by atoms with Crippen LogP contribution < -0.4 is 0 Å². The SMILES string of the molecule is Fc1cc([C@H]2CC[C@H](CCCCCCC3CCCC3)CC2)ccc1Cl. The van der Waals surface area contributed by atoms with E-state index < -0.39 is 0 Å². The first-order valence-corrected chi connectivity index (χ1v) is 11.0. The maximum absolute atomic E-state index is 13.6. The normalized spacial score (nSPS) is 24.7. The molecule has 1 aromatic rings. The Morgan fingerprint density at radius 3 is 2.00 bits per heavy atom. The first-order chi connectivity index (χ1) is 12.2. The van der Waals surface area contributed by atoms with Gasteiger partial charge in [-0.25, -0.2) is 4.39 Å². The van der Waals surface area contributed by atoms with Crippen molar-refractivity contribution in [1.82, 2.24) is 0 Å². The van der Waals surface area contributed by atoms with Crippen LogP contribution in [0.15, 0.2) is 18.2 Å². The van der Waals surface area contributed by atoms with Gasteiger partial charge in [-0.05, 0) is 61.1 Å². The maximum Gasteiger partial charge on any atom is 0.142 e. The molecule has 3 rings (SSSR count). The number of halogens is 2. The molecule has 2 aliphatic carbocycles. The molecule has 0 radical (unpaired) electrons. The molecule has 2 aliphatic rings. The number of hydrogen-bond acceptors (Lipinski definition) is 0. The number of unbranched alkanes of at least 4 members (excludes halogenated alkanes) is 3. The maximum atomic E-state index is 13.6. The highest BCUT2D eigenvalue weighted by Gasteiger charge is 2.22. The summed E-state index contributed by atoms with van der Waals surface area (Å²) in [5.74, 6) is 2.24. The van der Waals surface area contributed by atoms with E-state index in [1.807, 2.05) is 6.07 Å². The van der Waals surface area contributed by atoms with Crippen LogP contribution in [0.3, 0.4) is 0 Å². The average molecular weight is 365 g/mol. The zero-order chi connectivity index (χ0) is 17.5. The van der Waals surface area contributed by atoms with Crippen molar-refractivity contribution in [3.8, 4) is 0 Å². The third-order valence-corrected chi connectivity index (χ3v) is 7.02. The van der Waals surface area contributed by atoms with Crippen molar-refractivity contribution < 1.29 is 4.39 Å². The van der Waals surface area contributed by atoms with E-state index in [1.165, 1.54) is 89.9 Å². The van der Waals surface area contributed by atoms with E-state index in [1.54, 1.807) is 12.1 Å². The molecule has 0 nitrogen and oxygen atoms in total. The minimum Gasteiger partial charge on any atom is -0.205 e. The molecule has 2 saturated carbocycles. The fourth-order valence-electron chi connectivity index (χ4n) is 5.07. The van der Waals surface area contributed by atoms with Gasteiger partial charge in [0.05, 0.1) is 5.02 Å². The fraction of sp³-hybridized carbons (Fsp3) is 0.739. The van der Waals surface area contributed by atoms with Crippen molar-refractivity contribution in [2.24, 2.45) is 11.8 Å². The third kappa shape index (κ3) is 5.98. The Kier molecular flexibility index (Phi) is 7.65. The van der Waals surface area contributed by atoms with Crippen LogP contribution in [0, 0.1) is 17.7 Å². The highest BCUT2D eigenvalue weighted by molar-refractivity contribution is 6.30. The van der Waals surface area contributed by atoms with Gasteiger partial charge in [0, 0.05) is 0 Å². The lowest BCUT2D eigenvalue weighted by molar-refractivity contribution is 0.301. The molecule has 0 heterocycles. The van der Waals surface area contributed by atoms with Crippen LogP contribution in [0.4, 0.5) is 4.39 Å². The summed E-state index contributed by atoms with van der Waals surface area (Å²) in [4.78, 5) is 0. The smallest absolute Gasteiger partial charge is 0.142 e. The first-order valence-electron chi connectivity index (χ1n) is 10.7. The number of hydrogen-bond donors (Lipinski definition) is 0. The van der Waals surface area contributed by atoms with E-state index >= 15 is 0 Å². The summed E-state index contributed by atoms with van der Waals surface area (Å²) in [7, 11) is 0. The molecule has 0 amide bonds. The third-order valence-electron chi connectivity index (χ3n) is 6.71. The van der Waals surface area contributed by atoms with Crippen LogP contribution in [-0.2, 0) is 0 Å². The quantitative estimate of drug-likeness (QED) is 0.407. The molecule has 2 fully saturated rings. The Hall–Kier alpha value is -0.560. The zero-order valence-corrected chi connectivity index (χ0v) is 16.4. The van der Waals surface area contributed by atoms with E-state index in [-0.39, 0.29) is 10.8 Å². The van der Waals surface area contributed by atoms with E-state index in [4.69, 9.17) is 11.6 Å². The van der Waals surface area contributed by atoms with Crippen LogP contribution in [0.2, 0.25) is 5.02 Å². The van der Waals surface area contributed by atoms with Crippen molar-refractivity contribution in [2.75, 3.05) is 0 Å². The van der Waals surface area contributed by atoms with Gasteiger partial charge >= 0.3 is 0 Å². The van der Waals surface area contributed by atoms with Gasteiger partial charge in [-0.3, -0.25) is 0 Å². The van der Waals surface area contributed by atoms with Gasteiger partial charge in [0.15, 0.2) is 0 Å². The molecular formula is C23H34ClF. The number of benzene rings is 1. The van der Waals surface area contributed by atoms with Gasteiger partial charge in [-0.2, -0.15) is 0 Å². The second kappa shape index (κ2) is 9.95. The molecule has 1 aromatic carbocycles. The van der Waals surface area contributed by atoms with Gasteiger partial charge in [0.2, 0.25) is 0 Å². The Balaban J connectivity index is 1.27. The minimum atomic E-state index is -0.265. The standard InChI is InChI=1S/C23H34ClF/c24-22-16-15-21(17-23(22)25)20-13-11-19(12-14-20)8-4-2-1-3-7-18-9-5-6-10-18/h15-20H,1-14H2/t19-,20-. The molecule has 140 valence electrons. The average Bonchev–Trinajstić information content (AvgIpc) is 3.14. The monoisotopic (exact) mass is 364 g/mol. The zero-order valence-electron chi connectivity index (χ0n) is 15.6. The molecule has 0 saturated heterocycles. The van der Waals surface area contributed by atoms with Gasteiger partial charge in [-0.1, -0.05) is 81.9 Å². The van der Waals surface area contributed by atoms with Crippen LogP contribution in [-0.4, -0.2) is 0 Å². The summed E-state index contributed by atoms with van der Waals surface area (Å²) in [5, 5.41) is 0.241. The molecule has 0 bridgehead atoms. The molecule has 0 spiro atoms. The van der Waals surface area contributed by atoms with Crippen molar-refractivity contribution in [3.63, 3.8) is 0 Å². The Bertz CT molecular complexity index is 513. The molecule has 0 unspecified atom stereocenters. The Labute approximate surface area is 158 Å². The number of rotatable bonds is 8. The summed E-state index contributed by atoms with van der Waals surface area (Å²) in [6.07, 6.45) is 19.7. The topological polar surface area (TPSA) is 0 Å². The van der Waals surface area contributed by atoms with E-state index in [0.717, 1.165) is 17.4 Å². The molecule has 25 heavy (non-hydrogen) atoms. The van der Waals surface area contributed by atoms with Crippen LogP contribution in [0.1, 0.15) is 101 Å². The highest BCUT2D eigenvalue weighted by atomic mass is 35.5. The van der Waals surface area contributed by atoms with Crippen LogP contribution in [0.25, 0.3) is 0 Å². The molecule has 0 atom stereocenters. The van der Waals surface area contributed by atoms with Crippen LogP contribution >= 0.6 is 11.6 Å². The van der Waals surface area contributed by atoms with Gasteiger partial charge < -0.3 is 0 Å². The lowest BCUT2D eigenvalue weighted by Gasteiger charge is -2.29. The molecule has 0 aromatic heterocycles. The lowest BCUT2D eigenvalue weighted by Crippen LogP contribution is -2.13. The van der Waals surface area contributed by atoms with Crippen molar-refractivity contribution in [2.45, 2.75) is 95.8 Å². The molecule has 0 aliphatic heterocycles. The summed E-state index contributed by atoms with van der Waals surface area (Å²) in [6.45, 7) is 0. The van der Waals surface area contributed by atoms with Crippen molar-refractivity contribution in [1.29, 1.82) is 0 Å². The summed E-state index contributed by atoms with van der Waals surface area (Å²) in [5.41, 5.74) is 1.15. The van der Waals surface area contributed by atoms with E-state index in [9.17, 15) is 4.39 Å². The Morgan fingerprint density at radius 1 is 0.800 bits per heavy atom. The van der Waals surface area contributed by atoms with Gasteiger partial charge in [0.25, 0.3) is 0 Å². The Morgan fingerprint density at radius 2 is 1.40 bits per heavy atom. The predicted octanol–water partition coefficient (Wildman–Crippen LogP) is 8.28. The molecular weight excluding hydrogens is 331 g/mol. The summed E-state index contributed by atoms with van der Waals surface area (Å²) in [6, 6.07) is 5.38. The molecule has 0 N–H and O–H groups in total. The second-order valence-electron chi connectivity index (χ2n) is 8.53. The predicted molar refractivity (Wildman–Crippen MR) is 106 cm³/mol. The summed E-state index contributed by atoms with van der Waals surface area (Å²) >= 11 is 5.80. The fourth-order valence-corrected chi connectivity index (χ4v) is 5.19. The van der Waals surface area contributed by atoms with Crippen LogP contribution in [0.5, 0.6) is 0 Å². The van der Waals surface area contributed by atoms with E-state index in [0.29, 0.717) is 5.92 Å². The van der Waals surface area contributed by atoms with E-state index in [2.05, 4.69) is 0 Å². The van der Waals surface area contributed by atoms with Crippen molar-refractivity contribution >= 4 is 11.6 Å². The molecule has 2 heteroatoms.